The normalized spacial score (nSPS) is 17.8. The van der Waals surface area contributed by atoms with Crippen molar-refractivity contribution in [1.82, 2.24) is 20.0 Å². The van der Waals surface area contributed by atoms with Crippen LogP contribution in [0.1, 0.15) is 47.1 Å². The minimum atomic E-state index is -0.0206. The molecule has 1 saturated heterocycles. The molecular formula is C20H28N4OS. The first-order chi connectivity index (χ1) is 12.6. The maximum absolute atomic E-state index is 12.7. The van der Waals surface area contributed by atoms with Crippen LogP contribution in [0.4, 0.5) is 0 Å². The number of piperidine rings is 1. The van der Waals surface area contributed by atoms with E-state index >= 15 is 0 Å². The second-order valence-corrected chi connectivity index (χ2v) is 8.69. The Balaban J connectivity index is 1.34. The third-order valence-corrected chi connectivity index (χ3v) is 6.76. The van der Waals surface area contributed by atoms with E-state index in [1.54, 1.807) is 11.3 Å². The summed E-state index contributed by atoms with van der Waals surface area (Å²) >= 11 is 1.80. The molecule has 2 aromatic heterocycles. The van der Waals surface area contributed by atoms with Crippen LogP contribution in [0, 0.1) is 5.92 Å². The molecule has 1 aliphatic carbocycles. The Labute approximate surface area is 159 Å². The molecule has 0 unspecified atom stereocenters. The fourth-order valence-corrected chi connectivity index (χ4v) is 5.06. The monoisotopic (exact) mass is 372 g/mol. The van der Waals surface area contributed by atoms with Crippen LogP contribution in [-0.2, 0) is 19.9 Å². The molecular weight excluding hydrogens is 344 g/mol. The first-order valence-electron chi connectivity index (χ1n) is 9.76. The summed E-state index contributed by atoms with van der Waals surface area (Å²) in [6.07, 6.45) is 5.53. The molecule has 6 heteroatoms. The van der Waals surface area contributed by atoms with Crippen LogP contribution in [0.5, 0.6) is 0 Å². The van der Waals surface area contributed by atoms with Gasteiger partial charge in [-0.3, -0.25) is 9.48 Å². The molecule has 1 aliphatic heterocycles. The number of rotatable bonds is 5. The molecule has 1 amide bonds. The number of carbonyl (C=O) groups excluding carboxylic acids is 1. The average molecular weight is 373 g/mol. The molecule has 0 spiro atoms. The van der Waals surface area contributed by atoms with Gasteiger partial charge in [-0.15, -0.1) is 11.3 Å². The van der Waals surface area contributed by atoms with Crippen molar-refractivity contribution < 1.29 is 4.79 Å². The summed E-state index contributed by atoms with van der Waals surface area (Å²) in [6.45, 7) is 6.54. The van der Waals surface area contributed by atoms with Crippen LogP contribution >= 0.6 is 11.3 Å². The van der Waals surface area contributed by atoms with E-state index < -0.39 is 0 Å². The highest BCUT2D eigenvalue weighted by molar-refractivity contribution is 7.10. The Morgan fingerprint density at radius 2 is 2.15 bits per heavy atom. The number of thiophene rings is 1. The van der Waals surface area contributed by atoms with E-state index in [0.717, 1.165) is 49.5 Å². The second kappa shape index (κ2) is 7.53. The average Bonchev–Trinajstić information content (AvgIpc) is 3.24. The number of carbonyl (C=O) groups is 1. The third kappa shape index (κ3) is 3.45. The standard InChI is InChI=1S/C20H28N4OS/c1-14-6-11-24(12-7-14)10-3-9-21-20(25)18-16-4-5-17-15(8-13-26-17)19(16)23(2)22-18/h8,13-14H,3-7,9-12H2,1-2H3,(H,21,25). The van der Waals surface area contributed by atoms with E-state index in [2.05, 4.69) is 33.7 Å². The van der Waals surface area contributed by atoms with Crippen LogP contribution in [0.3, 0.4) is 0 Å². The summed E-state index contributed by atoms with van der Waals surface area (Å²) in [5.41, 5.74) is 4.11. The number of amides is 1. The number of hydrogen-bond donors (Lipinski definition) is 1. The van der Waals surface area contributed by atoms with Crippen molar-refractivity contribution in [3.05, 3.63) is 27.6 Å². The van der Waals surface area contributed by atoms with E-state index in [1.165, 1.54) is 36.4 Å². The highest BCUT2D eigenvalue weighted by Gasteiger charge is 2.27. The lowest BCUT2D eigenvalue weighted by Crippen LogP contribution is -2.35. The molecule has 2 aromatic rings. The first-order valence-corrected chi connectivity index (χ1v) is 10.6. The van der Waals surface area contributed by atoms with Crippen LogP contribution < -0.4 is 5.32 Å². The summed E-state index contributed by atoms with van der Waals surface area (Å²) in [5, 5.41) is 9.77. The van der Waals surface area contributed by atoms with Gasteiger partial charge >= 0.3 is 0 Å². The summed E-state index contributed by atoms with van der Waals surface area (Å²) in [4.78, 5) is 16.6. The Morgan fingerprint density at radius 1 is 1.35 bits per heavy atom. The summed E-state index contributed by atoms with van der Waals surface area (Å²) in [6, 6.07) is 2.15. The summed E-state index contributed by atoms with van der Waals surface area (Å²) in [7, 11) is 1.94. The lowest BCUT2D eigenvalue weighted by atomic mass is 9.94. The van der Waals surface area contributed by atoms with Crippen molar-refractivity contribution in [2.24, 2.45) is 13.0 Å². The maximum Gasteiger partial charge on any atom is 0.272 e. The third-order valence-electron chi connectivity index (χ3n) is 5.78. The van der Waals surface area contributed by atoms with Crippen LogP contribution in [0.15, 0.2) is 11.4 Å². The van der Waals surface area contributed by atoms with Crippen molar-refractivity contribution in [1.29, 1.82) is 0 Å². The molecule has 1 fully saturated rings. The molecule has 0 bridgehead atoms. The topological polar surface area (TPSA) is 50.2 Å². The molecule has 0 atom stereocenters. The molecule has 3 heterocycles. The fourth-order valence-electron chi connectivity index (χ4n) is 4.18. The summed E-state index contributed by atoms with van der Waals surface area (Å²) < 4.78 is 1.88. The number of nitrogens with zero attached hydrogens (tertiary/aromatic N) is 3. The van der Waals surface area contributed by atoms with E-state index in [-0.39, 0.29) is 5.91 Å². The Bertz CT molecular complexity index is 786. The maximum atomic E-state index is 12.7. The Kier molecular flexibility index (Phi) is 5.14. The van der Waals surface area contributed by atoms with Gasteiger partial charge in [0.2, 0.25) is 0 Å². The smallest absolute Gasteiger partial charge is 0.272 e. The zero-order valence-electron chi connectivity index (χ0n) is 15.8. The van der Waals surface area contributed by atoms with Gasteiger partial charge in [0.1, 0.15) is 0 Å². The fraction of sp³-hybridized carbons (Fsp3) is 0.600. The number of fused-ring (bicyclic) bond motifs is 3. The van der Waals surface area contributed by atoms with Crippen molar-refractivity contribution in [3.8, 4) is 11.3 Å². The van der Waals surface area contributed by atoms with E-state index in [4.69, 9.17) is 0 Å². The van der Waals surface area contributed by atoms with Gasteiger partial charge in [-0.2, -0.15) is 5.10 Å². The number of hydrogen-bond acceptors (Lipinski definition) is 4. The van der Waals surface area contributed by atoms with Gasteiger partial charge in [-0.05, 0) is 69.1 Å². The lowest BCUT2D eigenvalue weighted by molar-refractivity contribution is 0.0944. The lowest BCUT2D eigenvalue weighted by Gasteiger charge is -2.30. The largest absolute Gasteiger partial charge is 0.351 e. The molecule has 26 heavy (non-hydrogen) atoms. The minimum Gasteiger partial charge on any atom is -0.351 e. The first kappa shape index (κ1) is 17.7. The molecule has 140 valence electrons. The Hall–Kier alpha value is -1.66. The molecule has 1 N–H and O–H groups in total. The highest BCUT2D eigenvalue weighted by atomic mass is 32.1. The zero-order valence-corrected chi connectivity index (χ0v) is 16.6. The van der Waals surface area contributed by atoms with E-state index in [9.17, 15) is 4.79 Å². The predicted octanol–water partition coefficient (Wildman–Crippen LogP) is 3.10. The summed E-state index contributed by atoms with van der Waals surface area (Å²) in [5.74, 6) is 0.845. The predicted molar refractivity (Wildman–Crippen MR) is 106 cm³/mol. The van der Waals surface area contributed by atoms with Gasteiger partial charge in [0.05, 0.1) is 5.69 Å². The molecule has 5 nitrogen and oxygen atoms in total. The molecule has 0 aromatic carbocycles. The van der Waals surface area contributed by atoms with Gasteiger partial charge in [-0.1, -0.05) is 6.92 Å². The molecule has 4 rings (SSSR count). The van der Waals surface area contributed by atoms with Crippen LogP contribution in [-0.4, -0.2) is 46.8 Å². The zero-order chi connectivity index (χ0) is 18.1. The highest BCUT2D eigenvalue weighted by Crippen LogP contribution is 2.37. The van der Waals surface area contributed by atoms with Gasteiger partial charge in [0.15, 0.2) is 5.69 Å². The van der Waals surface area contributed by atoms with Gasteiger partial charge < -0.3 is 10.2 Å². The van der Waals surface area contributed by atoms with Crippen LogP contribution in [0.25, 0.3) is 11.3 Å². The quantitative estimate of drug-likeness (QED) is 0.821. The van der Waals surface area contributed by atoms with E-state index in [1.807, 2.05) is 11.7 Å². The number of aryl methyl sites for hydroxylation is 2. The molecule has 2 aliphatic rings. The SMILES string of the molecule is CC1CCN(CCCNC(=O)c2nn(C)c3c2CCc2sccc2-3)CC1. The van der Waals surface area contributed by atoms with Crippen molar-refractivity contribution in [2.75, 3.05) is 26.2 Å². The molecule has 0 saturated carbocycles. The van der Waals surface area contributed by atoms with Crippen LogP contribution in [0.2, 0.25) is 0 Å². The number of nitrogens with one attached hydrogen (secondary N) is 1. The van der Waals surface area contributed by atoms with E-state index in [0.29, 0.717) is 5.69 Å². The van der Waals surface area contributed by atoms with Crippen molar-refractivity contribution in [2.45, 2.75) is 39.0 Å². The second-order valence-electron chi connectivity index (χ2n) is 7.69. The Morgan fingerprint density at radius 3 is 2.96 bits per heavy atom. The van der Waals surface area contributed by atoms with Crippen molar-refractivity contribution in [3.63, 3.8) is 0 Å². The van der Waals surface area contributed by atoms with Gasteiger partial charge in [0, 0.05) is 29.6 Å². The van der Waals surface area contributed by atoms with Gasteiger partial charge in [0.25, 0.3) is 5.91 Å². The minimum absolute atomic E-state index is 0.0206. The van der Waals surface area contributed by atoms with Crippen molar-refractivity contribution >= 4 is 17.2 Å². The number of likely N-dealkylation sites (tertiary alicyclic amines) is 1. The molecule has 0 radical (unpaired) electrons. The van der Waals surface area contributed by atoms with Gasteiger partial charge in [-0.25, -0.2) is 0 Å². The number of aromatic nitrogens is 2.